The normalized spacial score (nSPS) is 16.6. The highest BCUT2D eigenvalue weighted by atomic mass is 16.4. The molecule has 2 rings (SSSR count). The fourth-order valence-corrected chi connectivity index (χ4v) is 2.09. The zero-order valence-electron chi connectivity index (χ0n) is 10.4. The SMILES string of the molecule is O=C(O)Cn1cc(C(=O)N2CCC(CO)CC2)nn1. The van der Waals surface area contributed by atoms with E-state index in [4.69, 9.17) is 10.2 Å². The van der Waals surface area contributed by atoms with Crippen LogP contribution in [0.5, 0.6) is 0 Å². The van der Waals surface area contributed by atoms with Crippen LogP contribution in [-0.4, -0.2) is 61.7 Å². The lowest BCUT2D eigenvalue weighted by molar-refractivity contribution is -0.137. The van der Waals surface area contributed by atoms with E-state index >= 15 is 0 Å². The molecule has 104 valence electrons. The molecule has 2 N–H and O–H groups in total. The second-order valence-corrected chi connectivity index (χ2v) is 4.61. The Bertz CT molecular complexity index is 465. The number of carboxylic acids is 1. The Labute approximate surface area is 109 Å². The van der Waals surface area contributed by atoms with Crippen LogP contribution < -0.4 is 0 Å². The van der Waals surface area contributed by atoms with Crippen molar-refractivity contribution >= 4 is 11.9 Å². The maximum absolute atomic E-state index is 12.1. The molecule has 0 radical (unpaired) electrons. The van der Waals surface area contributed by atoms with E-state index in [1.807, 2.05) is 0 Å². The number of carboxylic acid groups (broad SMARTS) is 1. The van der Waals surface area contributed by atoms with Crippen molar-refractivity contribution in [2.75, 3.05) is 19.7 Å². The molecule has 0 bridgehead atoms. The van der Waals surface area contributed by atoms with Gasteiger partial charge in [0.2, 0.25) is 0 Å². The first-order chi connectivity index (χ1) is 9.10. The van der Waals surface area contributed by atoms with Crippen LogP contribution in [0.3, 0.4) is 0 Å². The number of rotatable bonds is 4. The Kier molecular flexibility index (Phi) is 4.10. The number of aromatic nitrogens is 3. The molecule has 1 saturated heterocycles. The van der Waals surface area contributed by atoms with E-state index in [0.717, 1.165) is 17.5 Å². The molecule has 0 atom stereocenters. The number of carbonyl (C=O) groups excluding carboxylic acids is 1. The van der Waals surface area contributed by atoms with Gasteiger partial charge in [-0.2, -0.15) is 0 Å². The molecule has 1 aliphatic heterocycles. The third-order valence-electron chi connectivity index (χ3n) is 3.21. The van der Waals surface area contributed by atoms with E-state index in [2.05, 4.69) is 10.3 Å². The maximum Gasteiger partial charge on any atom is 0.325 e. The summed E-state index contributed by atoms with van der Waals surface area (Å²) >= 11 is 0. The van der Waals surface area contributed by atoms with Gasteiger partial charge in [-0.3, -0.25) is 9.59 Å². The number of aliphatic hydroxyl groups excluding tert-OH is 1. The Morgan fingerprint density at radius 3 is 2.63 bits per heavy atom. The number of amides is 1. The lowest BCUT2D eigenvalue weighted by Gasteiger charge is -2.30. The molecule has 1 aromatic rings. The summed E-state index contributed by atoms with van der Waals surface area (Å²) in [5, 5.41) is 24.9. The Morgan fingerprint density at radius 1 is 1.37 bits per heavy atom. The summed E-state index contributed by atoms with van der Waals surface area (Å²) in [6.45, 7) is 0.995. The molecule has 0 aromatic carbocycles. The number of likely N-dealkylation sites (tertiary alicyclic amines) is 1. The van der Waals surface area contributed by atoms with Crippen LogP contribution >= 0.6 is 0 Å². The number of nitrogens with zero attached hydrogens (tertiary/aromatic N) is 4. The van der Waals surface area contributed by atoms with Gasteiger partial charge in [-0.1, -0.05) is 5.21 Å². The summed E-state index contributed by atoms with van der Waals surface area (Å²) in [6.07, 6.45) is 2.88. The van der Waals surface area contributed by atoms with Crippen LogP contribution in [-0.2, 0) is 11.3 Å². The van der Waals surface area contributed by atoms with E-state index in [1.165, 1.54) is 6.20 Å². The molecular weight excluding hydrogens is 252 g/mol. The number of hydrogen-bond donors (Lipinski definition) is 2. The highest BCUT2D eigenvalue weighted by molar-refractivity contribution is 5.92. The van der Waals surface area contributed by atoms with Crippen molar-refractivity contribution in [3.05, 3.63) is 11.9 Å². The quantitative estimate of drug-likeness (QED) is 0.740. The van der Waals surface area contributed by atoms with Gasteiger partial charge in [0.05, 0.1) is 6.20 Å². The van der Waals surface area contributed by atoms with Crippen LogP contribution in [0.4, 0.5) is 0 Å². The molecule has 1 amide bonds. The van der Waals surface area contributed by atoms with Gasteiger partial charge >= 0.3 is 5.97 Å². The minimum absolute atomic E-state index is 0.150. The number of hydrogen-bond acceptors (Lipinski definition) is 5. The fraction of sp³-hybridized carbons (Fsp3) is 0.636. The van der Waals surface area contributed by atoms with Crippen molar-refractivity contribution in [3.8, 4) is 0 Å². The summed E-state index contributed by atoms with van der Waals surface area (Å²) in [6, 6.07) is 0. The van der Waals surface area contributed by atoms with Crippen molar-refractivity contribution < 1.29 is 19.8 Å². The van der Waals surface area contributed by atoms with E-state index in [0.29, 0.717) is 13.1 Å². The van der Waals surface area contributed by atoms with Gasteiger partial charge in [-0.05, 0) is 18.8 Å². The first-order valence-corrected chi connectivity index (χ1v) is 6.12. The highest BCUT2D eigenvalue weighted by Crippen LogP contribution is 2.17. The van der Waals surface area contributed by atoms with Gasteiger partial charge in [0.25, 0.3) is 5.91 Å². The number of aliphatic carboxylic acids is 1. The molecule has 1 aliphatic rings. The Morgan fingerprint density at radius 2 is 2.05 bits per heavy atom. The van der Waals surface area contributed by atoms with Gasteiger partial charge in [-0.25, -0.2) is 4.68 Å². The largest absolute Gasteiger partial charge is 0.480 e. The Hall–Kier alpha value is -1.96. The number of piperidine rings is 1. The average Bonchev–Trinajstić information content (AvgIpc) is 2.85. The van der Waals surface area contributed by atoms with Crippen molar-refractivity contribution in [1.82, 2.24) is 19.9 Å². The summed E-state index contributed by atoms with van der Waals surface area (Å²) in [5.41, 5.74) is 0.156. The molecule has 8 nitrogen and oxygen atoms in total. The first kappa shape index (κ1) is 13.5. The number of aliphatic hydroxyl groups is 1. The van der Waals surface area contributed by atoms with Crippen LogP contribution in [0.25, 0.3) is 0 Å². The second kappa shape index (κ2) is 5.79. The summed E-state index contributed by atoms with van der Waals surface area (Å²) in [4.78, 5) is 24.3. The second-order valence-electron chi connectivity index (χ2n) is 4.61. The van der Waals surface area contributed by atoms with E-state index in [1.54, 1.807) is 4.90 Å². The summed E-state index contributed by atoms with van der Waals surface area (Å²) in [5.74, 6) is -1.02. The minimum atomic E-state index is -1.03. The van der Waals surface area contributed by atoms with Crippen LogP contribution in [0, 0.1) is 5.92 Å². The smallest absolute Gasteiger partial charge is 0.325 e. The molecule has 1 aromatic heterocycles. The molecule has 0 spiro atoms. The predicted octanol–water partition coefficient (Wildman–Crippen LogP) is -0.793. The molecule has 0 unspecified atom stereocenters. The van der Waals surface area contributed by atoms with Crippen molar-refractivity contribution in [1.29, 1.82) is 0 Å². The third-order valence-corrected chi connectivity index (χ3v) is 3.21. The molecule has 0 aliphatic carbocycles. The van der Waals surface area contributed by atoms with Crippen LogP contribution in [0.15, 0.2) is 6.20 Å². The predicted molar refractivity (Wildman–Crippen MR) is 63.4 cm³/mol. The van der Waals surface area contributed by atoms with Crippen LogP contribution in [0.1, 0.15) is 23.3 Å². The fourth-order valence-electron chi connectivity index (χ4n) is 2.09. The molecule has 2 heterocycles. The number of carbonyl (C=O) groups is 2. The average molecular weight is 268 g/mol. The topological polar surface area (TPSA) is 109 Å². The molecule has 8 heteroatoms. The van der Waals surface area contributed by atoms with Crippen molar-refractivity contribution in [2.45, 2.75) is 19.4 Å². The van der Waals surface area contributed by atoms with Gasteiger partial charge in [-0.15, -0.1) is 5.10 Å². The van der Waals surface area contributed by atoms with E-state index in [9.17, 15) is 9.59 Å². The van der Waals surface area contributed by atoms with Gasteiger partial charge in [0, 0.05) is 19.7 Å². The van der Waals surface area contributed by atoms with Gasteiger partial charge < -0.3 is 15.1 Å². The standard InChI is InChI=1S/C11H16N4O4/c16-7-8-1-3-14(4-2-8)11(19)9-5-15(13-12-9)6-10(17)18/h5,8,16H,1-4,6-7H2,(H,17,18). The molecule has 1 fully saturated rings. The highest BCUT2D eigenvalue weighted by Gasteiger charge is 2.25. The lowest BCUT2D eigenvalue weighted by Crippen LogP contribution is -2.39. The molecule has 19 heavy (non-hydrogen) atoms. The van der Waals surface area contributed by atoms with E-state index < -0.39 is 5.97 Å². The Balaban J connectivity index is 1.96. The van der Waals surface area contributed by atoms with Crippen molar-refractivity contribution in [3.63, 3.8) is 0 Å². The monoisotopic (exact) mass is 268 g/mol. The zero-order chi connectivity index (χ0) is 13.8. The molecule has 0 saturated carbocycles. The van der Waals surface area contributed by atoms with E-state index in [-0.39, 0.29) is 30.7 Å². The first-order valence-electron chi connectivity index (χ1n) is 6.12. The van der Waals surface area contributed by atoms with Crippen LogP contribution in [0.2, 0.25) is 0 Å². The zero-order valence-corrected chi connectivity index (χ0v) is 10.4. The molecular formula is C11H16N4O4. The summed E-state index contributed by atoms with van der Waals surface area (Å²) in [7, 11) is 0. The minimum Gasteiger partial charge on any atom is -0.480 e. The van der Waals surface area contributed by atoms with Crippen molar-refractivity contribution in [2.24, 2.45) is 5.92 Å². The van der Waals surface area contributed by atoms with Gasteiger partial charge in [0.15, 0.2) is 5.69 Å². The maximum atomic E-state index is 12.1. The third kappa shape index (κ3) is 3.28. The summed E-state index contributed by atoms with van der Waals surface area (Å²) < 4.78 is 1.12. The van der Waals surface area contributed by atoms with Gasteiger partial charge in [0.1, 0.15) is 6.54 Å². The lowest BCUT2D eigenvalue weighted by atomic mass is 9.98.